The molecule has 0 saturated heterocycles. The van der Waals surface area contributed by atoms with Crippen LogP contribution in [-0.4, -0.2) is 26.2 Å². The molecule has 18 heavy (non-hydrogen) atoms. The number of hydrogen-bond donors (Lipinski definition) is 1. The van der Waals surface area contributed by atoms with Gasteiger partial charge in [-0.3, -0.25) is 4.79 Å². The maximum absolute atomic E-state index is 11.5. The minimum absolute atomic E-state index is 0.0129. The molecule has 1 amide bonds. The van der Waals surface area contributed by atoms with Gasteiger partial charge in [-0.2, -0.15) is 0 Å². The topological polar surface area (TPSA) is 38.3 Å². The molecule has 100 valence electrons. The fourth-order valence-electron chi connectivity index (χ4n) is 1.61. The summed E-state index contributed by atoms with van der Waals surface area (Å²) in [6, 6.07) is 7.71. The number of carbonyl (C=O) groups is 1. The van der Waals surface area contributed by atoms with Crippen molar-refractivity contribution in [3.05, 3.63) is 34.9 Å². The van der Waals surface area contributed by atoms with Crippen LogP contribution in [0, 0.1) is 0 Å². The van der Waals surface area contributed by atoms with E-state index in [9.17, 15) is 4.79 Å². The van der Waals surface area contributed by atoms with Crippen molar-refractivity contribution < 1.29 is 9.53 Å². The Hall–Kier alpha value is -1.06. The number of halogens is 1. The zero-order valence-electron chi connectivity index (χ0n) is 11.1. The van der Waals surface area contributed by atoms with Crippen molar-refractivity contribution in [2.24, 2.45) is 0 Å². The highest BCUT2D eigenvalue weighted by Crippen LogP contribution is 2.23. The van der Waals surface area contributed by atoms with Crippen molar-refractivity contribution in [3.8, 4) is 0 Å². The molecule has 0 aliphatic carbocycles. The van der Waals surface area contributed by atoms with Gasteiger partial charge < -0.3 is 10.1 Å². The van der Waals surface area contributed by atoms with E-state index < -0.39 is 0 Å². The van der Waals surface area contributed by atoms with Crippen molar-refractivity contribution in [1.82, 2.24) is 5.32 Å². The predicted molar refractivity (Wildman–Crippen MR) is 74.0 cm³/mol. The average molecular weight is 270 g/mol. The highest BCUT2D eigenvalue weighted by atomic mass is 35.5. The summed E-state index contributed by atoms with van der Waals surface area (Å²) >= 11 is 5.86. The Morgan fingerprint density at radius 2 is 1.94 bits per heavy atom. The second-order valence-corrected chi connectivity index (χ2v) is 5.35. The second-order valence-electron chi connectivity index (χ2n) is 4.91. The van der Waals surface area contributed by atoms with Gasteiger partial charge in [-0.15, -0.1) is 0 Å². The van der Waals surface area contributed by atoms with Crippen molar-refractivity contribution in [2.75, 3.05) is 20.3 Å². The first kappa shape index (κ1) is 15.0. The van der Waals surface area contributed by atoms with Crippen molar-refractivity contribution >= 4 is 17.5 Å². The molecule has 0 aliphatic rings. The molecule has 4 heteroatoms. The van der Waals surface area contributed by atoms with Crippen LogP contribution in [0.25, 0.3) is 0 Å². The van der Waals surface area contributed by atoms with Gasteiger partial charge in [-0.1, -0.05) is 37.6 Å². The molecular weight excluding hydrogens is 250 g/mol. The van der Waals surface area contributed by atoms with Crippen molar-refractivity contribution in [3.63, 3.8) is 0 Å². The second kappa shape index (κ2) is 6.76. The van der Waals surface area contributed by atoms with Gasteiger partial charge in [0.1, 0.15) is 0 Å². The Balaban J connectivity index is 2.54. The van der Waals surface area contributed by atoms with Gasteiger partial charge in [0.2, 0.25) is 5.91 Å². The molecule has 1 rings (SSSR count). The molecule has 1 aromatic carbocycles. The van der Waals surface area contributed by atoms with E-state index in [0.717, 1.165) is 10.6 Å². The highest BCUT2D eigenvalue weighted by molar-refractivity contribution is 6.30. The zero-order chi connectivity index (χ0) is 13.6. The maximum atomic E-state index is 11.5. The number of amides is 1. The Bertz CT molecular complexity index is 387. The van der Waals surface area contributed by atoms with Gasteiger partial charge in [0, 0.05) is 30.5 Å². The summed E-state index contributed by atoms with van der Waals surface area (Å²) in [6.07, 6.45) is 0.396. The first-order chi connectivity index (χ1) is 8.45. The molecule has 0 bridgehead atoms. The molecule has 0 fully saturated rings. The lowest BCUT2D eigenvalue weighted by atomic mass is 9.84. The Kier molecular flexibility index (Phi) is 5.63. The first-order valence-electron chi connectivity index (χ1n) is 5.97. The predicted octanol–water partition coefficient (Wildman–Crippen LogP) is 2.77. The van der Waals surface area contributed by atoms with Crippen LogP contribution in [0.4, 0.5) is 0 Å². The number of hydrogen-bond acceptors (Lipinski definition) is 2. The molecule has 3 nitrogen and oxygen atoms in total. The van der Waals surface area contributed by atoms with Gasteiger partial charge in [0.05, 0.1) is 6.61 Å². The summed E-state index contributed by atoms with van der Waals surface area (Å²) in [4.78, 5) is 11.5. The summed E-state index contributed by atoms with van der Waals surface area (Å²) in [6.45, 7) is 5.23. The monoisotopic (exact) mass is 269 g/mol. The number of methoxy groups -OCH3 is 1. The first-order valence-corrected chi connectivity index (χ1v) is 6.35. The van der Waals surface area contributed by atoms with E-state index in [4.69, 9.17) is 16.3 Å². The van der Waals surface area contributed by atoms with E-state index >= 15 is 0 Å². The van der Waals surface area contributed by atoms with E-state index in [2.05, 4.69) is 19.2 Å². The summed E-state index contributed by atoms with van der Waals surface area (Å²) in [7, 11) is 1.59. The molecule has 1 N–H and O–H groups in total. The van der Waals surface area contributed by atoms with Crippen LogP contribution in [0.5, 0.6) is 0 Å². The quantitative estimate of drug-likeness (QED) is 0.862. The number of carbonyl (C=O) groups excluding carboxylic acids is 1. The fraction of sp³-hybridized carbons (Fsp3) is 0.500. The lowest BCUT2D eigenvalue weighted by Gasteiger charge is -2.25. The fourth-order valence-corrected chi connectivity index (χ4v) is 1.73. The normalized spacial score (nSPS) is 11.3. The van der Waals surface area contributed by atoms with Crippen LogP contribution in [0.3, 0.4) is 0 Å². The maximum Gasteiger partial charge on any atom is 0.222 e. The van der Waals surface area contributed by atoms with Gasteiger partial charge in [-0.25, -0.2) is 0 Å². The molecule has 0 aromatic heterocycles. The molecule has 0 spiro atoms. The molecule has 0 saturated carbocycles. The Labute approximate surface area is 113 Å². The molecule has 0 heterocycles. The lowest BCUT2D eigenvalue weighted by Crippen LogP contribution is -2.36. The van der Waals surface area contributed by atoms with Crippen LogP contribution in [0.1, 0.15) is 25.8 Å². The van der Waals surface area contributed by atoms with Gasteiger partial charge in [-0.05, 0) is 17.7 Å². The van der Waals surface area contributed by atoms with Crippen molar-refractivity contribution in [1.29, 1.82) is 0 Å². The van der Waals surface area contributed by atoms with Crippen LogP contribution in [-0.2, 0) is 14.9 Å². The summed E-state index contributed by atoms with van der Waals surface area (Å²) in [5.74, 6) is 0.0129. The Morgan fingerprint density at radius 3 is 2.50 bits per heavy atom. The SMILES string of the molecule is COCCC(=O)NCC(C)(C)c1ccc(Cl)cc1. The number of ether oxygens (including phenoxy) is 1. The minimum atomic E-state index is -0.118. The standard InChI is InChI=1S/C14H20ClNO2/c1-14(2,10-16-13(17)8-9-18-3)11-4-6-12(15)7-5-11/h4-7H,8-10H2,1-3H3,(H,16,17). The van der Waals surface area contributed by atoms with Crippen LogP contribution < -0.4 is 5.32 Å². The Morgan fingerprint density at radius 1 is 1.33 bits per heavy atom. The van der Waals surface area contributed by atoms with Crippen LogP contribution in [0.15, 0.2) is 24.3 Å². The van der Waals surface area contributed by atoms with Gasteiger partial charge in [0.25, 0.3) is 0 Å². The number of benzene rings is 1. The van der Waals surface area contributed by atoms with Crippen molar-refractivity contribution in [2.45, 2.75) is 25.7 Å². The highest BCUT2D eigenvalue weighted by Gasteiger charge is 2.21. The largest absolute Gasteiger partial charge is 0.384 e. The van der Waals surface area contributed by atoms with Gasteiger partial charge >= 0.3 is 0 Å². The smallest absolute Gasteiger partial charge is 0.222 e. The van der Waals surface area contributed by atoms with E-state index in [1.54, 1.807) is 7.11 Å². The molecule has 1 aromatic rings. The third-order valence-corrected chi connectivity index (χ3v) is 3.14. The number of rotatable bonds is 6. The van der Waals surface area contributed by atoms with E-state index in [1.165, 1.54) is 0 Å². The summed E-state index contributed by atoms with van der Waals surface area (Å²) in [5.41, 5.74) is 1.03. The zero-order valence-corrected chi connectivity index (χ0v) is 11.9. The molecule has 0 aliphatic heterocycles. The lowest BCUT2D eigenvalue weighted by molar-refractivity contribution is -0.122. The van der Waals surface area contributed by atoms with Crippen LogP contribution >= 0.6 is 11.6 Å². The van der Waals surface area contributed by atoms with E-state index in [0.29, 0.717) is 19.6 Å². The van der Waals surface area contributed by atoms with E-state index in [1.807, 2.05) is 24.3 Å². The minimum Gasteiger partial charge on any atom is -0.384 e. The molecule has 0 radical (unpaired) electrons. The third-order valence-electron chi connectivity index (χ3n) is 2.89. The third kappa shape index (κ3) is 4.67. The molecular formula is C14H20ClNO2. The van der Waals surface area contributed by atoms with Gasteiger partial charge in [0.15, 0.2) is 0 Å². The molecule has 0 unspecified atom stereocenters. The van der Waals surface area contributed by atoms with Crippen LogP contribution in [0.2, 0.25) is 5.02 Å². The average Bonchev–Trinajstić information content (AvgIpc) is 2.34. The van der Waals surface area contributed by atoms with E-state index in [-0.39, 0.29) is 11.3 Å². The molecule has 0 atom stereocenters. The summed E-state index contributed by atoms with van der Waals surface area (Å²) in [5, 5.41) is 3.64. The number of nitrogens with one attached hydrogen (secondary N) is 1. The summed E-state index contributed by atoms with van der Waals surface area (Å²) < 4.78 is 4.87.